The van der Waals surface area contributed by atoms with Crippen molar-refractivity contribution >= 4 is 24.5 Å². The highest BCUT2D eigenvalue weighted by atomic mass is 32.1. The second kappa shape index (κ2) is 4.10. The van der Waals surface area contributed by atoms with E-state index in [0.717, 1.165) is 12.1 Å². The van der Waals surface area contributed by atoms with Crippen molar-refractivity contribution in [3.63, 3.8) is 0 Å². The molecule has 0 radical (unpaired) electrons. The molecule has 0 aliphatic heterocycles. The summed E-state index contributed by atoms with van der Waals surface area (Å²) in [5.74, 6) is -1.46. The van der Waals surface area contributed by atoms with E-state index in [2.05, 4.69) is 17.6 Å². The summed E-state index contributed by atoms with van der Waals surface area (Å²) < 4.78 is 12.6. The number of hydrogen-bond donors (Lipinski definition) is 3. The standard InChI is InChI=1S/C8H8FN3OS/c9-4-1-2-5(6(14)3-4)7(13)12-8(10)11/h1-3,14H,(H4,10,11,12,13). The summed E-state index contributed by atoms with van der Waals surface area (Å²) in [6.07, 6.45) is 0. The Kier molecular flexibility index (Phi) is 3.08. The minimum atomic E-state index is -0.644. The third-order valence-electron chi connectivity index (χ3n) is 1.42. The van der Waals surface area contributed by atoms with Crippen molar-refractivity contribution in [2.75, 3.05) is 0 Å². The first-order valence-electron chi connectivity index (χ1n) is 3.63. The van der Waals surface area contributed by atoms with Crippen LogP contribution in [0.5, 0.6) is 0 Å². The average Bonchev–Trinajstić information content (AvgIpc) is 2.01. The second-order valence-corrected chi connectivity index (χ2v) is 2.99. The van der Waals surface area contributed by atoms with Gasteiger partial charge in [0.05, 0.1) is 5.56 Å². The highest BCUT2D eigenvalue weighted by Gasteiger charge is 2.09. The van der Waals surface area contributed by atoms with Crippen molar-refractivity contribution in [2.45, 2.75) is 4.90 Å². The minimum absolute atomic E-state index is 0.156. The van der Waals surface area contributed by atoms with Gasteiger partial charge in [0.25, 0.3) is 5.91 Å². The maximum atomic E-state index is 12.6. The third kappa shape index (κ3) is 2.46. The van der Waals surface area contributed by atoms with E-state index in [1.165, 1.54) is 6.07 Å². The molecule has 4 nitrogen and oxygen atoms in total. The monoisotopic (exact) mass is 213 g/mol. The van der Waals surface area contributed by atoms with E-state index in [4.69, 9.17) is 11.5 Å². The molecular formula is C8H8FN3OS. The number of nitrogens with zero attached hydrogens (tertiary/aromatic N) is 1. The number of guanidine groups is 1. The smallest absolute Gasteiger partial charge is 0.281 e. The number of rotatable bonds is 1. The number of nitrogens with two attached hydrogens (primary N) is 2. The van der Waals surface area contributed by atoms with Gasteiger partial charge in [0.15, 0.2) is 5.96 Å². The van der Waals surface area contributed by atoms with Crippen LogP contribution in [0.4, 0.5) is 4.39 Å². The van der Waals surface area contributed by atoms with Gasteiger partial charge in [-0.2, -0.15) is 4.99 Å². The minimum Gasteiger partial charge on any atom is -0.370 e. The normalized spacial score (nSPS) is 9.57. The fourth-order valence-corrected chi connectivity index (χ4v) is 1.16. The van der Waals surface area contributed by atoms with Crippen molar-refractivity contribution < 1.29 is 9.18 Å². The molecule has 4 N–H and O–H groups in total. The summed E-state index contributed by atoms with van der Waals surface area (Å²) in [5, 5.41) is 0. The largest absolute Gasteiger partial charge is 0.370 e. The lowest BCUT2D eigenvalue weighted by Gasteiger charge is -2.00. The van der Waals surface area contributed by atoms with Crippen molar-refractivity contribution in [3.05, 3.63) is 29.6 Å². The molecule has 1 aromatic carbocycles. The molecule has 0 saturated carbocycles. The molecule has 0 saturated heterocycles. The third-order valence-corrected chi connectivity index (χ3v) is 1.79. The number of halogens is 1. The van der Waals surface area contributed by atoms with E-state index in [1.54, 1.807) is 0 Å². The van der Waals surface area contributed by atoms with Crippen LogP contribution in [0.25, 0.3) is 0 Å². The lowest BCUT2D eigenvalue weighted by atomic mass is 10.2. The Hall–Kier alpha value is -1.56. The van der Waals surface area contributed by atoms with E-state index in [9.17, 15) is 9.18 Å². The number of carbonyl (C=O) groups excluding carboxylic acids is 1. The van der Waals surface area contributed by atoms with E-state index < -0.39 is 11.7 Å². The maximum absolute atomic E-state index is 12.6. The SMILES string of the molecule is NC(N)=NC(=O)c1ccc(F)cc1S. The highest BCUT2D eigenvalue weighted by Crippen LogP contribution is 2.16. The molecule has 0 unspecified atom stereocenters. The Balaban J connectivity index is 3.08. The number of hydrogen-bond acceptors (Lipinski definition) is 2. The summed E-state index contributed by atoms with van der Waals surface area (Å²) in [7, 11) is 0. The zero-order valence-corrected chi connectivity index (χ0v) is 7.96. The summed E-state index contributed by atoms with van der Waals surface area (Å²) in [6.45, 7) is 0. The van der Waals surface area contributed by atoms with Gasteiger partial charge in [-0.3, -0.25) is 4.79 Å². The van der Waals surface area contributed by atoms with Gasteiger partial charge >= 0.3 is 0 Å². The first-order valence-corrected chi connectivity index (χ1v) is 4.08. The van der Waals surface area contributed by atoms with Crippen LogP contribution in [-0.4, -0.2) is 11.9 Å². The first kappa shape index (κ1) is 10.5. The van der Waals surface area contributed by atoms with Crippen LogP contribution in [0.3, 0.4) is 0 Å². The summed E-state index contributed by atoms with van der Waals surface area (Å²) >= 11 is 3.92. The van der Waals surface area contributed by atoms with Crippen LogP contribution in [-0.2, 0) is 0 Å². The molecule has 6 heteroatoms. The van der Waals surface area contributed by atoms with E-state index >= 15 is 0 Å². The number of aliphatic imine (C=N–C) groups is 1. The van der Waals surface area contributed by atoms with Gasteiger partial charge in [-0.15, -0.1) is 12.6 Å². The number of amides is 1. The topological polar surface area (TPSA) is 81.5 Å². The fraction of sp³-hybridized carbons (Fsp3) is 0. The van der Waals surface area contributed by atoms with Crippen LogP contribution < -0.4 is 11.5 Å². The highest BCUT2D eigenvalue weighted by molar-refractivity contribution is 7.80. The van der Waals surface area contributed by atoms with Crippen molar-refractivity contribution in [2.24, 2.45) is 16.5 Å². The molecule has 74 valence electrons. The predicted molar refractivity (Wildman–Crippen MR) is 53.8 cm³/mol. The average molecular weight is 213 g/mol. The van der Waals surface area contributed by atoms with Gasteiger partial charge in [-0.25, -0.2) is 4.39 Å². The molecule has 0 bridgehead atoms. The quantitative estimate of drug-likeness (QED) is 0.361. The van der Waals surface area contributed by atoms with Gasteiger partial charge in [0.1, 0.15) is 5.82 Å². The molecule has 0 spiro atoms. The molecule has 1 aromatic rings. The van der Waals surface area contributed by atoms with Gasteiger partial charge < -0.3 is 11.5 Å². The summed E-state index contributed by atoms with van der Waals surface area (Å²) in [5.41, 5.74) is 10.2. The zero-order chi connectivity index (χ0) is 10.7. The molecule has 14 heavy (non-hydrogen) atoms. The summed E-state index contributed by atoms with van der Waals surface area (Å²) in [6, 6.07) is 3.51. The van der Waals surface area contributed by atoms with Crippen LogP contribution >= 0.6 is 12.6 Å². The van der Waals surface area contributed by atoms with Crippen molar-refractivity contribution in [3.8, 4) is 0 Å². The maximum Gasteiger partial charge on any atom is 0.281 e. The molecule has 0 heterocycles. The van der Waals surface area contributed by atoms with Crippen molar-refractivity contribution in [1.82, 2.24) is 0 Å². The van der Waals surface area contributed by atoms with E-state index in [1.807, 2.05) is 0 Å². The molecule has 1 rings (SSSR count). The van der Waals surface area contributed by atoms with Crippen LogP contribution in [0.2, 0.25) is 0 Å². The lowest BCUT2D eigenvalue weighted by Crippen LogP contribution is -2.24. The molecule has 0 aliphatic carbocycles. The molecule has 0 atom stereocenters. The Labute approximate surface area is 85.2 Å². The zero-order valence-electron chi connectivity index (χ0n) is 7.07. The first-order chi connectivity index (χ1) is 6.50. The van der Waals surface area contributed by atoms with Gasteiger partial charge in [0.2, 0.25) is 0 Å². The Morgan fingerprint density at radius 1 is 1.43 bits per heavy atom. The van der Waals surface area contributed by atoms with Crippen molar-refractivity contribution in [1.29, 1.82) is 0 Å². The molecule has 0 aromatic heterocycles. The number of carbonyl (C=O) groups is 1. The van der Waals surface area contributed by atoms with Gasteiger partial charge in [-0.1, -0.05) is 0 Å². The van der Waals surface area contributed by atoms with E-state index in [-0.39, 0.29) is 16.4 Å². The van der Waals surface area contributed by atoms with Crippen LogP contribution in [0.1, 0.15) is 10.4 Å². The molecule has 0 aliphatic rings. The molecular weight excluding hydrogens is 205 g/mol. The number of benzene rings is 1. The van der Waals surface area contributed by atoms with Gasteiger partial charge in [-0.05, 0) is 18.2 Å². The molecule has 0 fully saturated rings. The lowest BCUT2D eigenvalue weighted by molar-refractivity contribution is 0.1000. The van der Waals surface area contributed by atoms with Crippen LogP contribution in [0, 0.1) is 5.82 Å². The summed E-state index contributed by atoms with van der Waals surface area (Å²) in [4.78, 5) is 14.8. The predicted octanol–water partition coefficient (Wildman–Crippen LogP) is 0.528. The Bertz CT molecular complexity index is 402. The Morgan fingerprint density at radius 2 is 2.07 bits per heavy atom. The fourth-order valence-electron chi connectivity index (χ4n) is 0.863. The van der Waals surface area contributed by atoms with E-state index in [0.29, 0.717) is 0 Å². The number of thiol groups is 1. The molecule has 1 amide bonds. The second-order valence-electron chi connectivity index (χ2n) is 2.50. The van der Waals surface area contributed by atoms with Gasteiger partial charge in [0, 0.05) is 4.90 Å². The van der Waals surface area contributed by atoms with Crippen LogP contribution in [0.15, 0.2) is 28.1 Å². The Morgan fingerprint density at radius 3 is 2.57 bits per heavy atom.